The maximum atomic E-state index is 6.06. The lowest BCUT2D eigenvalue weighted by molar-refractivity contribution is 0.0893. The van der Waals surface area contributed by atoms with Crippen molar-refractivity contribution in [2.75, 3.05) is 45.4 Å². The van der Waals surface area contributed by atoms with Gasteiger partial charge >= 0.3 is 0 Å². The van der Waals surface area contributed by atoms with Gasteiger partial charge in [0.2, 0.25) is 0 Å². The molecule has 1 aliphatic rings. The quantitative estimate of drug-likeness (QED) is 0.265. The van der Waals surface area contributed by atoms with Crippen LogP contribution in [0.4, 0.5) is 5.69 Å². The predicted octanol–water partition coefficient (Wildman–Crippen LogP) is 3.14. The molecule has 0 aromatic heterocycles. The van der Waals surface area contributed by atoms with Gasteiger partial charge in [-0.05, 0) is 31.0 Å². The van der Waals surface area contributed by atoms with Crippen LogP contribution >= 0.6 is 35.6 Å². The van der Waals surface area contributed by atoms with E-state index in [4.69, 9.17) is 31.5 Å². The van der Waals surface area contributed by atoms with Crippen molar-refractivity contribution in [3.8, 4) is 5.75 Å². The van der Waals surface area contributed by atoms with E-state index in [0.717, 1.165) is 38.3 Å². The van der Waals surface area contributed by atoms with Crippen molar-refractivity contribution < 1.29 is 14.2 Å². The van der Waals surface area contributed by atoms with Gasteiger partial charge in [0.25, 0.3) is 0 Å². The van der Waals surface area contributed by atoms with Crippen molar-refractivity contribution in [2.24, 2.45) is 16.6 Å². The van der Waals surface area contributed by atoms with E-state index in [9.17, 15) is 0 Å². The average Bonchev–Trinajstić information content (AvgIpc) is 3.04. The molecule has 1 heterocycles. The van der Waals surface area contributed by atoms with Crippen LogP contribution in [-0.4, -0.2) is 46.0 Å². The van der Waals surface area contributed by atoms with Gasteiger partial charge in [-0.2, -0.15) is 0 Å². The van der Waals surface area contributed by atoms with E-state index in [2.05, 4.69) is 10.3 Å². The highest BCUT2D eigenvalue weighted by Crippen LogP contribution is 2.26. The smallest absolute Gasteiger partial charge is 0.193 e. The van der Waals surface area contributed by atoms with Gasteiger partial charge in [-0.15, -0.1) is 24.0 Å². The van der Waals surface area contributed by atoms with Crippen LogP contribution in [0.5, 0.6) is 5.75 Å². The monoisotopic (exact) mass is 469 g/mol. The molecule has 0 spiro atoms. The van der Waals surface area contributed by atoms with E-state index in [0.29, 0.717) is 35.8 Å². The number of rotatable bonds is 8. The molecule has 1 aliphatic heterocycles. The highest BCUT2D eigenvalue weighted by Gasteiger charge is 2.15. The topological polar surface area (TPSA) is 78.1 Å². The van der Waals surface area contributed by atoms with Gasteiger partial charge in [-0.3, -0.25) is 4.99 Å². The Balaban J connectivity index is 0.00000288. The molecule has 136 valence electrons. The van der Waals surface area contributed by atoms with Crippen LogP contribution in [0, 0.1) is 5.92 Å². The minimum Gasteiger partial charge on any atom is -0.495 e. The Hall–Kier alpha value is -0.770. The molecule has 1 atom stereocenters. The van der Waals surface area contributed by atoms with Gasteiger partial charge in [-0.25, -0.2) is 0 Å². The summed E-state index contributed by atoms with van der Waals surface area (Å²) in [7, 11) is 1.58. The molecule has 24 heavy (non-hydrogen) atoms. The lowest BCUT2D eigenvalue weighted by atomic mass is 10.1. The molecule has 1 saturated heterocycles. The van der Waals surface area contributed by atoms with Gasteiger partial charge in [0, 0.05) is 31.4 Å². The molecule has 8 heteroatoms. The summed E-state index contributed by atoms with van der Waals surface area (Å²) in [6, 6.07) is 5.36. The molecule has 0 saturated carbocycles. The van der Waals surface area contributed by atoms with Crippen molar-refractivity contribution in [3.63, 3.8) is 0 Å². The first-order valence-electron chi connectivity index (χ1n) is 7.75. The van der Waals surface area contributed by atoms with Crippen LogP contribution in [0.25, 0.3) is 0 Å². The van der Waals surface area contributed by atoms with Crippen molar-refractivity contribution in [1.82, 2.24) is 0 Å². The summed E-state index contributed by atoms with van der Waals surface area (Å²) < 4.78 is 16.0. The van der Waals surface area contributed by atoms with Gasteiger partial charge in [0.05, 0.1) is 25.3 Å². The first-order chi connectivity index (χ1) is 11.2. The highest BCUT2D eigenvalue weighted by atomic mass is 127. The third-order valence-corrected chi connectivity index (χ3v) is 3.83. The predicted molar refractivity (Wildman–Crippen MR) is 108 cm³/mol. The van der Waals surface area contributed by atoms with Gasteiger partial charge in [-0.1, -0.05) is 11.6 Å². The molecule has 6 nitrogen and oxygen atoms in total. The number of hydrogen-bond donors (Lipinski definition) is 2. The molecule has 1 aromatic carbocycles. The molecule has 1 aromatic rings. The summed E-state index contributed by atoms with van der Waals surface area (Å²) in [5.74, 6) is 1.53. The molecule has 0 amide bonds. The number of benzene rings is 1. The third kappa shape index (κ3) is 7.42. The fraction of sp³-hybridized carbons (Fsp3) is 0.562. The van der Waals surface area contributed by atoms with E-state index in [1.54, 1.807) is 19.2 Å². The van der Waals surface area contributed by atoms with Crippen molar-refractivity contribution in [3.05, 3.63) is 23.2 Å². The largest absolute Gasteiger partial charge is 0.495 e. The number of nitrogens with two attached hydrogens (primary N) is 1. The summed E-state index contributed by atoms with van der Waals surface area (Å²) >= 11 is 6.06. The fourth-order valence-electron chi connectivity index (χ4n) is 2.26. The van der Waals surface area contributed by atoms with Gasteiger partial charge < -0.3 is 25.3 Å². The van der Waals surface area contributed by atoms with E-state index in [1.807, 2.05) is 6.07 Å². The maximum absolute atomic E-state index is 6.06. The second-order valence-electron chi connectivity index (χ2n) is 5.40. The number of halogens is 2. The molecular weight excluding hydrogens is 445 g/mol. The Morgan fingerprint density at radius 3 is 3.00 bits per heavy atom. The number of ether oxygens (including phenoxy) is 3. The standard InChI is InChI=1S/C16H24ClN3O3.HI/c1-21-15-4-3-13(9-14(15)17)20-16(18)19-6-2-7-22-10-12-5-8-23-11-12;/h3-4,9,12H,2,5-8,10-11H2,1H3,(H3,18,19,20);1H. The fourth-order valence-corrected chi connectivity index (χ4v) is 2.52. The summed E-state index contributed by atoms with van der Waals surface area (Å²) in [5.41, 5.74) is 6.62. The number of nitrogens with zero attached hydrogens (tertiary/aromatic N) is 1. The summed E-state index contributed by atoms with van der Waals surface area (Å²) in [6.07, 6.45) is 1.93. The van der Waals surface area contributed by atoms with E-state index in [1.165, 1.54) is 0 Å². The Morgan fingerprint density at radius 2 is 2.33 bits per heavy atom. The van der Waals surface area contributed by atoms with E-state index >= 15 is 0 Å². The SMILES string of the molecule is COc1ccc(NC(N)=NCCCOCC2CCOC2)cc1Cl.I. The molecule has 1 fully saturated rings. The number of nitrogens with one attached hydrogen (secondary N) is 1. The normalized spacial score (nSPS) is 17.4. The number of aliphatic imine (C=N–C) groups is 1. The van der Waals surface area contributed by atoms with Crippen LogP contribution in [0.1, 0.15) is 12.8 Å². The zero-order chi connectivity index (χ0) is 16.5. The van der Waals surface area contributed by atoms with Crippen LogP contribution in [0.15, 0.2) is 23.2 Å². The molecule has 3 N–H and O–H groups in total. The Morgan fingerprint density at radius 1 is 1.50 bits per heavy atom. The van der Waals surface area contributed by atoms with Crippen LogP contribution in [0.2, 0.25) is 5.02 Å². The summed E-state index contributed by atoms with van der Waals surface area (Å²) in [5, 5.41) is 3.52. The first kappa shape index (κ1) is 21.3. The molecule has 2 rings (SSSR count). The van der Waals surface area contributed by atoms with Gasteiger partial charge in [0.15, 0.2) is 5.96 Å². The van der Waals surface area contributed by atoms with E-state index < -0.39 is 0 Å². The number of hydrogen-bond acceptors (Lipinski definition) is 4. The number of anilines is 1. The Kier molecular flexibility index (Phi) is 10.4. The second-order valence-corrected chi connectivity index (χ2v) is 5.81. The second kappa shape index (κ2) is 11.7. The zero-order valence-electron chi connectivity index (χ0n) is 13.8. The van der Waals surface area contributed by atoms with Crippen molar-refractivity contribution in [2.45, 2.75) is 12.8 Å². The lowest BCUT2D eigenvalue weighted by Crippen LogP contribution is -2.23. The summed E-state index contributed by atoms with van der Waals surface area (Å²) in [4.78, 5) is 4.27. The minimum atomic E-state index is 0. The molecule has 0 aliphatic carbocycles. The maximum Gasteiger partial charge on any atom is 0.193 e. The average molecular weight is 470 g/mol. The molecular formula is C16H25ClIN3O3. The van der Waals surface area contributed by atoms with Crippen molar-refractivity contribution in [1.29, 1.82) is 0 Å². The van der Waals surface area contributed by atoms with Crippen LogP contribution in [0.3, 0.4) is 0 Å². The Labute approximate surface area is 165 Å². The first-order valence-corrected chi connectivity index (χ1v) is 8.13. The molecule has 0 bridgehead atoms. The number of methoxy groups -OCH3 is 1. The van der Waals surface area contributed by atoms with E-state index in [-0.39, 0.29) is 24.0 Å². The van der Waals surface area contributed by atoms with Crippen LogP contribution < -0.4 is 15.8 Å². The number of guanidine groups is 1. The highest BCUT2D eigenvalue weighted by molar-refractivity contribution is 14.0. The summed E-state index contributed by atoms with van der Waals surface area (Å²) in [6.45, 7) is 3.74. The zero-order valence-corrected chi connectivity index (χ0v) is 16.9. The molecule has 1 unspecified atom stereocenters. The van der Waals surface area contributed by atoms with Crippen molar-refractivity contribution >= 4 is 47.2 Å². The lowest BCUT2D eigenvalue weighted by Gasteiger charge is -2.09. The third-order valence-electron chi connectivity index (χ3n) is 3.53. The Bertz CT molecular complexity index is 525. The minimum absolute atomic E-state index is 0. The van der Waals surface area contributed by atoms with Gasteiger partial charge in [0.1, 0.15) is 5.75 Å². The molecule has 0 radical (unpaired) electrons. The van der Waals surface area contributed by atoms with Crippen LogP contribution in [-0.2, 0) is 9.47 Å².